The summed E-state index contributed by atoms with van der Waals surface area (Å²) in [5, 5.41) is 5.57. The molecule has 1 rings (SSSR count). The van der Waals surface area contributed by atoms with E-state index < -0.39 is 5.91 Å². The van der Waals surface area contributed by atoms with Crippen molar-refractivity contribution in [3.8, 4) is 0 Å². The van der Waals surface area contributed by atoms with Crippen LogP contribution in [0.1, 0.15) is 10.4 Å². The summed E-state index contributed by atoms with van der Waals surface area (Å²) < 4.78 is 0.910. The van der Waals surface area contributed by atoms with E-state index in [0.717, 1.165) is 3.57 Å². The lowest BCUT2D eigenvalue weighted by atomic mass is 10.2. The normalized spacial score (nSPS) is 9.94. The third-order valence-corrected chi connectivity index (χ3v) is 2.95. The van der Waals surface area contributed by atoms with Crippen LogP contribution in [-0.4, -0.2) is 31.4 Å². The van der Waals surface area contributed by atoms with E-state index in [4.69, 9.17) is 5.73 Å². The average molecular weight is 347 g/mol. The summed E-state index contributed by atoms with van der Waals surface area (Å²) in [6.45, 7) is 1.09. The maximum absolute atomic E-state index is 11.7. The molecule has 1 aromatic rings. The molecule has 4 N–H and O–H groups in total. The zero-order valence-electron chi connectivity index (χ0n) is 9.20. The summed E-state index contributed by atoms with van der Waals surface area (Å²) in [5.41, 5.74) is 5.61. The number of halogens is 1. The Morgan fingerprint density at radius 2 is 1.94 bits per heavy atom. The van der Waals surface area contributed by atoms with Crippen molar-refractivity contribution in [2.24, 2.45) is 5.73 Å². The molecule has 17 heavy (non-hydrogen) atoms. The third-order valence-electron chi connectivity index (χ3n) is 2.01. The SMILES string of the molecule is NC(=O)CNCCNC(=O)c1ccccc1I. The largest absolute Gasteiger partial charge is 0.369 e. The Labute approximate surface area is 113 Å². The van der Waals surface area contributed by atoms with Gasteiger partial charge in [-0.2, -0.15) is 0 Å². The van der Waals surface area contributed by atoms with E-state index in [-0.39, 0.29) is 12.5 Å². The highest BCUT2D eigenvalue weighted by Gasteiger charge is 2.07. The van der Waals surface area contributed by atoms with Crippen LogP contribution in [0, 0.1) is 3.57 Å². The molecule has 0 aliphatic carbocycles. The lowest BCUT2D eigenvalue weighted by Gasteiger charge is -2.07. The van der Waals surface area contributed by atoms with Gasteiger partial charge in [0, 0.05) is 16.7 Å². The van der Waals surface area contributed by atoms with Crippen LogP contribution in [0.2, 0.25) is 0 Å². The first-order valence-corrected chi connectivity index (χ1v) is 6.21. The van der Waals surface area contributed by atoms with Gasteiger partial charge < -0.3 is 16.4 Å². The Balaban J connectivity index is 2.31. The van der Waals surface area contributed by atoms with Crippen molar-refractivity contribution in [3.05, 3.63) is 33.4 Å². The monoisotopic (exact) mass is 347 g/mol. The number of rotatable bonds is 6. The van der Waals surface area contributed by atoms with Gasteiger partial charge in [-0.3, -0.25) is 9.59 Å². The van der Waals surface area contributed by atoms with E-state index in [1.54, 1.807) is 6.07 Å². The highest BCUT2D eigenvalue weighted by atomic mass is 127. The Morgan fingerprint density at radius 1 is 1.24 bits per heavy atom. The van der Waals surface area contributed by atoms with E-state index in [1.165, 1.54) is 0 Å². The second-order valence-corrected chi connectivity index (χ2v) is 4.54. The van der Waals surface area contributed by atoms with Gasteiger partial charge in [-0.25, -0.2) is 0 Å². The predicted molar refractivity (Wildman–Crippen MR) is 73.6 cm³/mol. The van der Waals surface area contributed by atoms with Crippen LogP contribution in [0.3, 0.4) is 0 Å². The number of nitrogens with two attached hydrogens (primary N) is 1. The molecule has 0 saturated heterocycles. The third kappa shape index (κ3) is 5.14. The average Bonchev–Trinajstić information content (AvgIpc) is 2.28. The van der Waals surface area contributed by atoms with E-state index in [9.17, 15) is 9.59 Å². The first kappa shape index (κ1) is 13.9. The molecule has 92 valence electrons. The number of hydrogen-bond donors (Lipinski definition) is 3. The molecule has 5 nitrogen and oxygen atoms in total. The number of nitrogens with one attached hydrogen (secondary N) is 2. The van der Waals surface area contributed by atoms with Crippen LogP contribution >= 0.6 is 22.6 Å². The lowest BCUT2D eigenvalue weighted by Crippen LogP contribution is -2.36. The Bertz CT molecular complexity index is 409. The van der Waals surface area contributed by atoms with Crippen LogP contribution in [-0.2, 0) is 4.79 Å². The molecule has 0 saturated carbocycles. The van der Waals surface area contributed by atoms with Crippen LogP contribution < -0.4 is 16.4 Å². The molecule has 0 radical (unpaired) electrons. The zero-order chi connectivity index (χ0) is 12.7. The lowest BCUT2D eigenvalue weighted by molar-refractivity contribution is -0.117. The molecule has 0 aliphatic rings. The molecule has 2 amide bonds. The van der Waals surface area contributed by atoms with E-state index in [0.29, 0.717) is 18.7 Å². The molecule has 0 aromatic heterocycles. The molecule has 6 heteroatoms. The number of amides is 2. The fourth-order valence-electron chi connectivity index (χ4n) is 1.22. The number of carbonyl (C=O) groups excluding carboxylic acids is 2. The first-order chi connectivity index (χ1) is 8.11. The first-order valence-electron chi connectivity index (χ1n) is 5.13. The molecule has 0 fully saturated rings. The van der Waals surface area contributed by atoms with Gasteiger partial charge in [0.2, 0.25) is 5.91 Å². The van der Waals surface area contributed by atoms with Gasteiger partial charge >= 0.3 is 0 Å². The summed E-state index contributed by atoms with van der Waals surface area (Å²) in [4.78, 5) is 22.2. The van der Waals surface area contributed by atoms with Crippen LogP contribution in [0.4, 0.5) is 0 Å². The van der Waals surface area contributed by atoms with Crippen molar-refractivity contribution in [3.63, 3.8) is 0 Å². The van der Waals surface area contributed by atoms with Crippen LogP contribution in [0.25, 0.3) is 0 Å². The van der Waals surface area contributed by atoms with Crippen molar-refractivity contribution in [1.29, 1.82) is 0 Å². The topological polar surface area (TPSA) is 84.2 Å². The quantitative estimate of drug-likeness (QED) is 0.504. The highest BCUT2D eigenvalue weighted by Crippen LogP contribution is 2.10. The summed E-state index contributed by atoms with van der Waals surface area (Å²) in [5.74, 6) is -0.523. The Kier molecular flexibility index (Phi) is 5.92. The molecular formula is C11H14IN3O2. The van der Waals surface area contributed by atoms with Crippen molar-refractivity contribution < 1.29 is 9.59 Å². The van der Waals surface area contributed by atoms with Crippen LogP contribution in [0.15, 0.2) is 24.3 Å². The molecule has 0 bridgehead atoms. The van der Waals surface area contributed by atoms with Gasteiger partial charge in [0.1, 0.15) is 0 Å². The second-order valence-electron chi connectivity index (χ2n) is 3.38. The van der Waals surface area contributed by atoms with Crippen molar-refractivity contribution >= 4 is 34.4 Å². The fourth-order valence-corrected chi connectivity index (χ4v) is 1.85. The summed E-state index contributed by atoms with van der Waals surface area (Å²) >= 11 is 2.12. The van der Waals surface area contributed by atoms with Gasteiger partial charge in [0.15, 0.2) is 0 Å². The molecule has 0 aliphatic heterocycles. The van der Waals surface area contributed by atoms with Crippen molar-refractivity contribution in [2.45, 2.75) is 0 Å². The minimum atomic E-state index is -0.408. The van der Waals surface area contributed by atoms with Gasteiger partial charge in [-0.05, 0) is 34.7 Å². The molecule has 1 aromatic carbocycles. The van der Waals surface area contributed by atoms with E-state index in [1.807, 2.05) is 18.2 Å². The zero-order valence-corrected chi connectivity index (χ0v) is 11.4. The van der Waals surface area contributed by atoms with Gasteiger partial charge in [-0.1, -0.05) is 12.1 Å². The number of hydrogen-bond acceptors (Lipinski definition) is 3. The Morgan fingerprint density at radius 3 is 2.59 bits per heavy atom. The molecular weight excluding hydrogens is 333 g/mol. The van der Waals surface area contributed by atoms with Gasteiger partial charge in [0.05, 0.1) is 12.1 Å². The molecule has 0 heterocycles. The predicted octanol–water partition coefficient (Wildman–Crippen LogP) is 0.0959. The Hall–Kier alpha value is -1.15. The van der Waals surface area contributed by atoms with E-state index in [2.05, 4.69) is 33.2 Å². The number of carbonyl (C=O) groups is 2. The second kappa shape index (κ2) is 7.23. The van der Waals surface area contributed by atoms with Crippen molar-refractivity contribution in [2.75, 3.05) is 19.6 Å². The molecule has 0 atom stereocenters. The smallest absolute Gasteiger partial charge is 0.252 e. The highest BCUT2D eigenvalue weighted by molar-refractivity contribution is 14.1. The molecule has 0 unspecified atom stereocenters. The maximum atomic E-state index is 11.7. The van der Waals surface area contributed by atoms with Crippen molar-refractivity contribution in [1.82, 2.24) is 10.6 Å². The minimum Gasteiger partial charge on any atom is -0.369 e. The number of benzene rings is 1. The van der Waals surface area contributed by atoms with Gasteiger partial charge in [-0.15, -0.1) is 0 Å². The summed E-state index contributed by atoms with van der Waals surface area (Å²) in [6, 6.07) is 7.35. The summed E-state index contributed by atoms with van der Waals surface area (Å²) in [6.07, 6.45) is 0. The summed E-state index contributed by atoms with van der Waals surface area (Å²) in [7, 11) is 0. The number of primary amides is 1. The minimum absolute atomic E-state index is 0.115. The van der Waals surface area contributed by atoms with E-state index >= 15 is 0 Å². The molecule has 0 spiro atoms. The van der Waals surface area contributed by atoms with Crippen LogP contribution in [0.5, 0.6) is 0 Å². The fraction of sp³-hybridized carbons (Fsp3) is 0.273. The van der Waals surface area contributed by atoms with Gasteiger partial charge in [0.25, 0.3) is 5.91 Å². The standard InChI is InChI=1S/C11H14IN3O2/c12-9-4-2-1-3-8(9)11(17)15-6-5-14-7-10(13)16/h1-4,14H,5-7H2,(H2,13,16)(H,15,17). The maximum Gasteiger partial charge on any atom is 0.252 e.